The molecule has 2 heterocycles. The van der Waals surface area contributed by atoms with E-state index in [0.29, 0.717) is 18.1 Å². The number of amidine groups is 1. The smallest absolute Gasteiger partial charge is 0.359 e. The van der Waals surface area contributed by atoms with Gasteiger partial charge in [0.25, 0.3) is 0 Å². The molecule has 0 bridgehead atoms. The average Bonchev–Trinajstić information content (AvgIpc) is 3.06. The van der Waals surface area contributed by atoms with E-state index in [1.54, 1.807) is 11.8 Å². The van der Waals surface area contributed by atoms with Crippen LogP contribution in [-0.4, -0.2) is 57.6 Å². The number of thioether (sulfide) groups is 1. The second kappa shape index (κ2) is 11.1. The molecule has 33 heavy (non-hydrogen) atoms. The maximum Gasteiger partial charge on any atom is 0.408 e. The van der Waals surface area contributed by atoms with Crippen LogP contribution < -0.4 is 0 Å². The van der Waals surface area contributed by atoms with E-state index in [0.717, 1.165) is 54.5 Å². The Balaban J connectivity index is 2.38. The fraction of sp³-hybridized carbons (Fsp3) is 0.640. The van der Waals surface area contributed by atoms with Crippen molar-refractivity contribution in [2.45, 2.75) is 78.3 Å². The third-order valence-electron chi connectivity index (χ3n) is 6.51. The molecule has 3 unspecified atom stereocenters. The molecular formula is C25H39F3N4S. The predicted molar refractivity (Wildman–Crippen MR) is 135 cm³/mol. The van der Waals surface area contributed by atoms with Crippen LogP contribution in [0.4, 0.5) is 13.2 Å². The predicted octanol–water partition coefficient (Wildman–Crippen LogP) is 6.97. The van der Waals surface area contributed by atoms with Crippen LogP contribution in [0.25, 0.3) is 0 Å². The van der Waals surface area contributed by atoms with E-state index in [-0.39, 0.29) is 11.2 Å². The van der Waals surface area contributed by atoms with E-state index < -0.39 is 12.2 Å². The van der Waals surface area contributed by atoms with Crippen molar-refractivity contribution in [3.05, 3.63) is 47.6 Å². The lowest BCUT2D eigenvalue weighted by Crippen LogP contribution is -2.49. The molecule has 186 valence electrons. The van der Waals surface area contributed by atoms with Crippen LogP contribution in [0.3, 0.4) is 0 Å². The topological polar surface area (TPSA) is 22.1 Å². The van der Waals surface area contributed by atoms with E-state index in [1.807, 2.05) is 18.7 Å². The van der Waals surface area contributed by atoms with Crippen molar-refractivity contribution in [2.75, 3.05) is 19.6 Å². The fourth-order valence-corrected chi connectivity index (χ4v) is 5.89. The minimum absolute atomic E-state index is 0.0499. The fourth-order valence-electron chi connectivity index (χ4n) is 4.25. The summed E-state index contributed by atoms with van der Waals surface area (Å²) in [5.41, 5.74) is 2.17. The zero-order valence-electron chi connectivity index (χ0n) is 20.9. The van der Waals surface area contributed by atoms with Gasteiger partial charge in [-0.2, -0.15) is 13.2 Å². The van der Waals surface area contributed by atoms with Crippen molar-refractivity contribution in [3.8, 4) is 0 Å². The number of hydrogen-bond donors (Lipinski definition) is 0. The second-order valence-electron chi connectivity index (χ2n) is 8.74. The van der Waals surface area contributed by atoms with Gasteiger partial charge in [0.2, 0.25) is 0 Å². The molecule has 0 saturated heterocycles. The van der Waals surface area contributed by atoms with Crippen molar-refractivity contribution < 1.29 is 13.2 Å². The summed E-state index contributed by atoms with van der Waals surface area (Å²) in [6.07, 6.45) is -1.75. The number of nitrogens with zero attached hydrogens (tertiary/aromatic N) is 4. The van der Waals surface area contributed by atoms with Gasteiger partial charge in [-0.25, -0.2) is 4.99 Å². The first-order valence-corrected chi connectivity index (χ1v) is 12.7. The first-order chi connectivity index (χ1) is 15.4. The Labute approximate surface area is 202 Å². The SMILES string of the molecule is C=C(CC)/N=C(\C)N(CC)CC1SC2=C(C(=C)N(C(C)C(F)(F)F)C(=C)N2CCCC)C1C. The molecule has 8 heteroatoms. The van der Waals surface area contributed by atoms with Crippen molar-refractivity contribution in [1.29, 1.82) is 0 Å². The van der Waals surface area contributed by atoms with E-state index in [2.05, 4.69) is 50.4 Å². The molecule has 0 fully saturated rings. The molecule has 4 nitrogen and oxygen atoms in total. The highest BCUT2D eigenvalue weighted by molar-refractivity contribution is 8.03. The van der Waals surface area contributed by atoms with E-state index >= 15 is 0 Å². The Morgan fingerprint density at radius 1 is 1.24 bits per heavy atom. The molecule has 2 rings (SSSR count). The molecule has 0 saturated carbocycles. The van der Waals surface area contributed by atoms with E-state index in [4.69, 9.17) is 0 Å². The number of allylic oxidation sites excluding steroid dienone is 2. The van der Waals surface area contributed by atoms with Crippen LogP contribution in [0.15, 0.2) is 52.5 Å². The molecule has 0 aromatic heterocycles. The van der Waals surface area contributed by atoms with Gasteiger partial charge in [0.05, 0.1) is 5.03 Å². The summed E-state index contributed by atoms with van der Waals surface area (Å²) in [6.45, 7) is 25.8. The molecule has 0 spiro atoms. The Morgan fingerprint density at radius 3 is 2.39 bits per heavy atom. The van der Waals surface area contributed by atoms with Gasteiger partial charge in [0, 0.05) is 41.9 Å². The Morgan fingerprint density at radius 2 is 1.88 bits per heavy atom. The molecule has 0 aliphatic carbocycles. The second-order valence-corrected chi connectivity index (χ2v) is 9.96. The van der Waals surface area contributed by atoms with Crippen LogP contribution >= 0.6 is 11.8 Å². The third-order valence-corrected chi connectivity index (χ3v) is 8.03. The van der Waals surface area contributed by atoms with Gasteiger partial charge >= 0.3 is 6.18 Å². The molecule has 0 radical (unpaired) electrons. The molecule has 2 aliphatic rings. The largest absolute Gasteiger partial charge is 0.408 e. The van der Waals surface area contributed by atoms with Crippen LogP contribution in [0, 0.1) is 5.92 Å². The third kappa shape index (κ3) is 5.81. The molecule has 0 aromatic carbocycles. The lowest BCUT2D eigenvalue weighted by atomic mass is 9.92. The van der Waals surface area contributed by atoms with Gasteiger partial charge in [-0.05, 0) is 39.5 Å². The van der Waals surface area contributed by atoms with Crippen LogP contribution in [0.2, 0.25) is 0 Å². The highest BCUT2D eigenvalue weighted by atomic mass is 32.2. The summed E-state index contributed by atoms with van der Waals surface area (Å²) in [6, 6.07) is -1.69. The van der Waals surface area contributed by atoms with E-state index in [1.165, 1.54) is 11.8 Å². The number of halogens is 3. The molecule has 0 amide bonds. The maximum atomic E-state index is 13.7. The van der Waals surface area contributed by atoms with Crippen molar-refractivity contribution >= 4 is 17.6 Å². The summed E-state index contributed by atoms with van der Waals surface area (Å²) in [7, 11) is 0. The highest BCUT2D eigenvalue weighted by Gasteiger charge is 2.49. The zero-order valence-corrected chi connectivity index (χ0v) is 21.7. The monoisotopic (exact) mass is 484 g/mol. The van der Waals surface area contributed by atoms with Crippen molar-refractivity contribution in [2.24, 2.45) is 10.9 Å². The lowest BCUT2D eigenvalue weighted by Gasteiger charge is -2.45. The normalized spacial score (nSPS) is 22.8. The Kier molecular flexibility index (Phi) is 9.19. The van der Waals surface area contributed by atoms with Gasteiger partial charge in [-0.3, -0.25) is 0 Å². The number of alkyl halides is 3. The van der Waals surface area contributed by atoms with E-state index in [9.17, 15) is 13.2 Å². The Bertz CT molecular complexity index is 830. The molecule has 3 atom stereocenters. The number of unbranched alkanes of at least 4 members (excludes halogenated alkanes) is 1. The highest BCUT2D eigenvalue weighted by Crippen LogP contribution is 2.52. The number of rotatable bonds is 9. The number of aliphatic imine (C=N–C) groups is 1. The first kappa shape index (κ1) is 27.4. The van der Waals surface area contributed by atoms with Crippen LogP contribution in [0.1, 0.15) is 60.8 Å². The average molecular weight is 485 g/mol. The molecule has 0 N–H and O–H groups in total. The van der Waals surface area contributed by atoms with Crippen molar-refractivity contribution in [3.63, 3.8) is 0 Å². The van der Waals surface area contributed by atoms with Crippen molar-refractivity contribution in [1.82, 2.24) is 14.7 Å². The first-order valence-electron chi connectivity index (χ1n) is 11.8. The van der Waals surface area contributed by atoms with Crippen LogP contribution in [-0.2, 0) is 0 Å². The van der Waals surface area contributed by atoms with Gasteiger partial charge in [-0.1, -0.05) is 46.9 Å². The molecule has 2 aliphatic heterocycles. The summed E-state index contributed by atoms with van der Waals surface area (Å²) in [5, 5.41) is 1.18. The van der Waals surface area contributed by atoms with Gasteiger partial charge < -0.3 is 14.7 Å². The van der Waals surface area contributed by atoms with Gasteiger partial charge in [0.1, 0.15) is 17.7 Å². The summed E-state index contributed by atoms with van der Waals surface area (Å²) < 4.78 is 41.2. The Hall–Kier alpha value is -1.83. The quantitative estimate of drug-likeness (QED) is 0.260. The number of hydrogen-bond acceptors (Lipinski definition) is 4. The van der Waals surface area contributed by atoms with Gasteiger partial charge in [0.15, 0.2) is 0 Å². The zero-order chi connectivity index (χ0) is 25.1. The minimum Gasteiger partial charge on any atom is -0.359 e. The maximum absolute atomic E-state index is 13.7. The lowest BCUT2D eigenvalue weighted by molar-refractivity contribution is -0.171. The summed E-state index contributed by atoms with van der Waals surface area (Å²) >= 11 is 1.73. The van der Waals surface area contributed by atoms with Crippen LogP contribution in [0.5, 0.6) is 0 Å². The van der Waals surface area contributed by atoms with Gasteiger partial charge in [-0.15, -0.1) is 11.8 Å². The molecular weight excluding hydrogens is 445 g/mol. The summed E-state index contributed by atoms with van der Waals surface area (Å²) in [4.78, 5) is 10.1. The standard InChI is InChI=1S/C25H39F3N4S/c1-10-13-14-31-21(9)32(19(7)25(26,27)28)18(6)23-17(5)22(33-24(23)31)15-30(12-3)20(8)29-16(4)11-2/h17,19,22H,4,6,9-15H2,1-3,5,7-8H3/b29-20+. The minimum atomic E-state index is -4.37. The molecule has 0 aromatic rings. The summed E-state index contributed by atoms with van der Waals surface area (Å²) in [5.74, 6) is 1.33.